The molecule has 1 fully saturated rings. The summed E-state index contributed by atoms with van der Waals surface area (Å²) >= 11 is 0. The third-order valence-corrected chi connectivity index (χ3v) is 5.77. The van der Waals surface area contributed by atoms with Crippen molar-refractivity contribution in [2.75, 3.05) is 4.90 Å². The fourth-order valence-corrected chi connectivity index (χ4v) is 3.92. The average molecular weight is 431 g/mol. The van der Waals surface area contributed by atoms with Crippen LogP contribution in [0.2, 0.25) is 0 Å². The molecule has 1 N–H and O–H groups in total. The predicted molar refractivity (Wildman–Crippen MR) is 120 cm³/mol. The Labute approximate surface area is 185 Å². The van der Waals surface area contributed by atoms with Gasteiger partial charge in [0.1, 0.15) is 11.4 Å². The number of nitrogens with one attached hydrogen (secondary N) is 1. The highest BCUT2D eigenvalue weighted by molar-refractivity contribution is 6.39. The number of hydrogen-bond donors (Lipinski definition) is 1. The summed E-state index contributed by atoms with van der Waals surface area (Å²) < 4.78 is 15.4. The van der Waals surface area contributed by atoms with Crippen molar-refractivity contribution in [3.8, 4) is 5.69 Å². The molecule has 4 amide bonds. The van der Waals surface area contributed by atoms with Crippen LogP contribution in [0.15, 0.2) is 54.1 Å². The van der Waals surface area contributed by atoms with Gasteiger partial charge < -0.3 is 4.57 Å². The first-order chi connectivity index (χ1) is 15.2. The number of nitrogens with zero attached hydrogens (tertiary/aromatic N) is 2. The first kappa shape index (κ1) is 21.2. The number of aryl methyl sites for hydroxylation is 2. The van der Waals surface area contributed by atoms with E-state index >= 15 is 0 Å². The number of barbiturate groups is 1. The molecule has 0 unspecified atom stereocenters. The lowest BCUT2D eigenvalue weighted by molar-refractivity contribution is -0.122. The molecule has 162 valence electrons. The van der Waals surface area contributed by atoms with Crippen LogP contribution in [-0.4, -0.2) is 22.4 Å². The number of amides is 4. The van der Waals surface area contributed by atoms with Gasteiger partial charge in [0.25, 0.3) is 11.8 Å². The van der Waals surface area contributed by atoms with E-state index in [0.29, 0.717) is 5.56 Å². The molecular weight excluding hydrogens is 409 g/mol. The summed E-state index contributed by atoms with van der Waals surface area (Å²) in [7, 11) is 0. The second-order valence-corrected chi connectivity index (χ2v) is 7.82. The van der Waals surface area contributed by atoms with Gasteiger partial charge in [0.2, 0.25) is 0 Å². The molecule has 0 saturated carbocycles. The van der Waals surface area contributed by atoms with Gasteiger partial charge in [0.05, 0.1) is 5.69 Å². The summed E-state index contributed by atoms with van der Waals surface area (Å²) in [6, 6.07) is 12.0. The summed E-state index contributed by atoms with van der Waals surface area (Å²) in [5.41, 5.74) is 5.80. The SMILES string of the molecule is Cc1cccc(-n2c(C)cc(/C=C3/C(=O)NC(=O)N(c4ccc(F)cc4)C3=O)c2C)c1C. The summed E-state index contributed by atoms with van der Waals surface area (Å²) in [4.78, 5) is 38.7. The number of aromatic nitrogens is 1. The van der Waals surface area contributed by atoms with Gasteiger partial charge in [-0.25, -0.2) is 14.1 Å². The zero-order valence-corrected chi connectivity index (χ0v) is 18.2. The van der Waals surface area contributed by atoms with Crippen LogP contribution in [-0.2, 0) is 9.59 Å². The largest absolute Gasteiger partial charge is 0.335 e. The van der Waals surface area contributed by atoms with Crippen molar-refractivity contribution in [2.24, 2.45) is 0 Å². The highest BCUT2D eigenvalue weighted by atomic mass is 19.1. The molecule has 2 aromatic carbocycles. The lowest BCUT2D eigenvalue weighted by Crippen LogP contribution is -2.54. The van der Waals surface area contributed by atoms with E-state index in [0.717, 1.165) is 45.2 Å². The van der Waals surface area contributed by atoms with Crippen molar-refractivity contribution in [1.82, 2.24) is 9.88 Å². The number of halogens is 1. The molecule has 0 atom stereocenters. The number of anilines is 1. The van der Waals surface area contributed by atoms with Crippen LogP contribution >= 0.6 is 0 Å². The quantitative estimate of drug-likeness (QED) is 0.490. The maximum Gasteiger partial charge on any atom is 0.335 e. The molecule has 1 saturated heterocycles. The van der Waals surface area contributed by atoms with Gasteiger partial charge in [-0.3, -0.25) is 14.9 Å². The average Bonchev–Trinajstić information content (AvgIpc) is 3.01. The van der Waals surface area contributed by atoms with E-state index in [4.69, 9.17) is 0 Å². The Kier molecular flexibility index (Phi) is 5.26. The number of rotatable bonds is 3. The van der Waals surface area contributed by atoms with E-state index in [-0.39, 0.29) is 11.3 Å². The topological polar surface area (TPSA) is 71.4 Å². The van der Waals surface area contributed by atoms with E-state index in [1.54, 1.807) is 0 Å². The molecule has 0 aliphatic carbocycles. The van der Waals surface area contributed by atoms with E-state index in [2.05, 4.69) is 9.88 Å². The molecule has 0 radical (unpaired) electrons. The number of benzene rings is 2. The Bertz CT molecular complexity index is 1300. The molecule has 4 rings (SSSR count). The fraction of sp³-hybridized carbons (Fsp3) is 0.160. The van der Waals surface area contributed by atoms with Crippen LogP contribution in [0, 0.1) is 33.5 Å². The third kappa shape index (κ3) is 3.51. The monoisotopic (exact) mass is 431 g/mol. The number of carbonyl (C=O) groups excluding carboxylic acids is 3. The smallest absolute Gasteiger partial charge is 0.318 e. The second kappa shape index (κ2) is 7.92. The summed E-state index contributed by atoms with van der Waals surface area (Å²) in [5.74, 6) is -2.03. The molecule has 2 heterocycles. The molecule has 0 bridgehead atoms. The first-order valence-electron chi connectivity index (χ1n) is 10.1. The van der Waals surface area contributed by atoms with Gasteiger partial charge in [-0.2, -0.15) is 0 Å². The number of hydrogen-bond acceptors (Lipinski definition) is 3. The molecule has 32 heavy (non-hydrogen) atoms. The van der Waals surface area contributed by atoms with Crippen LogP contribution in [0.3, 0.4) is 0 Å². The van der Waals surface area contributed by atoms with Gasteiger partial charge >= 0.3 is 6.03 Å². The van der Waals surface area contributed by atoms with E-state index in [9.17, 15) is 18.8 Å². The minimum absolute atomic E-state index is 0.171. The van der Waals surface area contributed by atoms with Gasteiger partial charge in [-0.05, 0) is 86.9 Å². The van der Waals surface area contributed by atoms with E-state index in [1.165, 1.54) is 18.2 Å². The highest BCUT2D eigenvalue weighted by Crippen LogP contribution is 2.28. The predicted octanol–water partition coefficient (Wildman–Crippen LogP) is 4.52. The molecule has 1 aliphatic heterocycles. The van der Waals surface area contributed by atoms with Crippen LogP contribution in [0.4, 0.5) is 14.9 Å². The molecule has 3 aromatic rings. The highest BCUT2D eigenvalue weighted by Gasteiger charge is 2.37. The van der Waals surface area contributed by atoms with Crippen molar-refractivity contribution < 1.29 is 18.8 Å². The lowest BCUT2D eigenvalue weighted by atomic mass is 10.1. The summed E-state index contributed by atoms with van der Waals surface area (Å²) in [6.45, 7) is 7.96. The Morgan fingerprint density at radius 2 is 1.62 bits per heavy atom. The van der Waals surface area contributed by atoms with Crippen molar-refractivity contribution in [2.45, 2.75) is 27.7 Å². The second-order valence-electron chi connectivity index (χ2n) is 7.82. The van der Waals surface area contributed by atoms with Gasteiger partial charge in [-0.1, -0.05) is 12.1 Å². The maximum absolute atomic E-state index is 13.3. The summed E-state index contributed by atoms with van der Waals surface area (Å²) in [6.07, 6.45) is 1.49. The Balaban J connectivity index is 1.78. The Morgan fingerprint density at radius 1 is 0.938 bits per heavy atom. The molecule has 1 aliphatic rings. The van der Waals surface area contributed by atoms with Crippen LogP contribution in [0.5, 0.6) is 0 Å². The maximum atomic E-state index is 13.3. The molecule has 0 spiro atoms. The van der Waals surface area contributed by atoms with E-state index in [1.807, 2.05) is 52.0 Å². The fourth-order valence-electron chi connectivity index (χ4n) is 3.92. The zero-order valence-electron chi connectivity index (χ0n) is 18.2. The first-order valence-corrected chi connectivity index (χ1v) is 10.1. The molecule has 6 nitrogen and oxygen atoms in total. The number of imide groups is 2. The van der Waals surface area contributed by atoms with E-state index < -0.39 is 23.7 Å². The lowest BCUT2D eigenvalue weighted by Gasteiger charge is -2.26. The molecular formula is C25H22FN3O3. The zero-order chi connectivity index (χ0) is 23.2. The van der Waals surface area contributed by atoms with Crippen molar-refractivity contribution in [3.63, 3.8) is 0 Å². The van der Waals surface area contributed by atoms with Crippen molar-refractivity contribution in [1.29, 1.82) is 0 Å². The molecule has 7 heteroatoms. The van der Waals surface area contributed by atoms with Crippen molar-refractivity contribution in [3.05, 3.63) is 88.0 Å². The standard InChI is InChI=1S/C25H22FN3O3/c1-14-6-5-7-22(16(14)3)28-15(2)12-18(17(28)4)13-21-23(30)27-25(32)29(24(21)31)20-10-8-19(26)9-11-20/h5-13H,1-4H3,(H,27,30,32)/b21-13-. The Hall–Kier alpha value is -4.00. The Morgan fingerprint density at radius 3 is 2.31 bits per heavy atom. The van der Waals surface area contributed by atoms with Crippen LogP contribution in [0.25, 0.3) is 11.8 Å². The van der Waals surface area contributed by atoms with Gasteiger partial charge in [0, 0.05) is 17.1 Å². The molecule has 1 aromatic heterocycles. The third-order valence-electron chi connectivity index (χ3n) is 5.77. The normalized spacial score (nSPS) is 15.5. The summed E-state index contributed by atoms with van der Waals surface area (Å²) in [5, 5.41) is 2.19. The number of carbonyl (C=O) groups is 3. The van der Waals surface area contributed by atoms with Gasteiger partial charge in [-0.15, -0.1) is 0 Å². The van der Waals surface area contributed by atoms with Crippen LogP contribution in [0.1, 0.15) is 28.1 Å². The number of urea groups is 1. The van der Waals surface area contributed by atoms with Gasteiger partial charge in [0.15, 0.2) is 0 Å². The van der Waals surface area contributed by atoms with Crippen molar-refractivity contribution >= 4 is 29.6 Å². The minimum atomic E-state index is -0.871. The minimum Gasteiger partial charge on any atom is -0.318 e. The van der Waals surface area contributed by atoms with Crippen LogP contribution < -0.4 is 10.2 Å².